The third-order valence-electron chi connectivity index (χ3n) is 5.13. The monoisotopic (exact) mass is 254 g/mol. The lowest BCUT2D eigenvalue weighted by molar-refractivity contribution is 0.175. The zero-order valence-corrected chi connectivity index (χ0v) is 11.6. The van der Waals surface area contributed by atoms with Gasteiger partial charge in [0, 0.05) is 23.1 Å². The summed E-state index contributed by atoms with van der Waals surface area (Å²) in [7, 11) is 0. The van der Waals surface area contributed by atoms with Gasteiger partial charge in [-0.2, -0.15) is 0 Å². The first kappa shape index (κ1) is 11.5. The first-order chi connectivity index (χ1) is 9.28. The summed E-state index contributed by atoms with van der Waals surface area (Å²) in [4.78, 5) is 3.73. The van der Waals surface area contributed by atoms with Gasteiger partial charge in [-0.05, 0) is 36.8 Å². The van der Waals surface area contributed by atoms with Crippen molar-refractivity contribution >= 4 is 10.9 Å². The minimum atomic E-state index is 0.226. The van der Waals surface area contributed by atoms with E-state index >= 15 is 0 Å². The van der Waals surface area contributed by atoms with Crippen molar-refractivity contribution in [2.75, 3.05) is 6.54 Å². The van der Waals surface area contributed by atoms with Crippen LogP contribution >= 0.6 is 0 Å². The molecule has 0 radical (unpaired) electrons. The Morgan fingerprint density at radius 3 is 3.05 bits per heavy atom. The second-order valence-electron chi connectivity index (χ2n) is 6.48. The SMILES string of the molecule is C[C@H]1CCC[C@]2(C1)NCCc1c2[nH]c2ccccc12. The first-order valence-electron chi connectivity index (χ1n) is 7.64. The summed E-state index contributed by atoms with van der Waals surface area (Å²) in [6, 6.07) is 8.78. The molecule has 1 aromatic heterocycles. The van der Waals surface area contributed by atoms with Crippen molar-refractivity contribution in [3.63, 3.8) is 0 Å². The van der Waals surface area contributed by atoms with E-state index < -0.39 is 0 Å². The molecule has 0 amide bonds. The Morgan fingerprint density at radius 1 is 1.26 bits per heavy atom. The zero-order valence-electron chi connectivity index (χ0n) is 11.6. The van der Waals surface area contributed by atoms with E-state index in [1.807, 2.05) is 0 Å². The van der Waals surface area contributed by atoms with Gasteiger partial charge >= 0.3 is 0 Å². The number of para-hydroxylation sites is 1. The lowest BCUT2D eigenvalue weighted by atomic mass is 9.72. The van der Waals surface area contributed by atoms with Gasteiger partial charge in [0.2, 0.25) is 0 Å². The van der Waals surface area contributed by atoms with Crippen molar-refractivity contribution in [1.82, 2.24) is 10.3 Å². The minimum Gasteiger partial charge on any atom is -0.357 e. The van der Waals surface area contributed by atoms with Crippen molar-refractivity contribution in [3.05, 3.63) is 35.5 Å². The Bertz CT molecular complexity index is 613. The summed E-state index contributed by atoms with van der Waals surface area (Å²) in [5, 5.41) is 5.29. The van der Waals surface area contributed by atoms with Gasteiger partial charge in [-0.3, -0.25) is 0 Å². The third kappa shape index (κ3) is 1.66. The summed E-state index contributed by atoms with van der Waals surface area (Å²) in [5.74, 6) is 0.832. The predicted molar refractivity (Wildman–Crippen MR) is 79.3 cm³/mol. The molecule has 0 saturated heterocycles. The largest absolute Gasteiger partial charge is 0.357 e. The standard InChI is InChI=1S/C17H22N2/c1-12-5-4-9-17(11-12)16-14(8-10-18-17)13-6-2-3-7-15(13)19-16/h2-3,6-7,12,18-19H,4-5,8-11H2,1H3/t12-,17+/m0/s1. The smallest absolute Gasteiger partial charge is 0.0592 e. The number of aromatic nitrogens is 1. The highest BCUT2D eigenvalue weighted by Gasteiger charge is 2.41. The second kappa shape index (κ2) is 4.11. The van der Waals surface area contributed by atoms with Gasteiger partial charge < -0.3 is 10.3 Å². The minimum absolute atomic E-state index is 0.226. The first-order valence-corrected chi connectivity index (χ1v) is 7.64. The van der Waals surface area contributed by atoms with Crippen LogP contribution in [-0.4, -0.2) is 11.5 Å². The molecule has 2 heteroatoms. The Morgan fingerprint density at radius 2 is 2.16 bits per heavy atom. The fourth-order valence-electron chi connectivity index (χ4n) is 4.32. The van der Waals surface area contributed by atoms with E-state index in [0.717, 1.165) is 18.9 Å². The van der Waals surface area contributed by atoms with Gasteiger partial charge in [0.05, 0.1) is 5.54 Å². The topological polar surface area (TPSA) is 27.8 Å². The van der Waals surface area contributed by atoms with Crippen LogP contribution in [0.25, 0.3) is 10.9 Å². The number of hydrogen-bond acceptors (Lipinski definition) is 1. The van der Waals surface area contributed by atoms with Crippen LogP contribution in [0.2, 0.25) is 0 Å². The van der Waals surface area contributed by atoms with Crippen molar-refractivity contribution in [2.45, 2.75) is 44.6 Å². The molecule has 1 aromatic carbocycles. The average Bonchev–Trinajstić information content (AvgIpc) is 2.80. The number of rotatable bonds is 0. The summed E-state index contributed by atoms with van der Waals surface area (Å²) in [6.45, 7) is 3.53. The number of nitrogens with one attached hydrogen (secondary N) is 2. The second-order valence-corrected chi connectivity index (χ2v) is 6.48. The molecule has 4 rings (SSSR count). The molecular formula is C17H22N2. The number of H-pyrrole nitrogens is 1. The van der Waals surface area contributed by atoms with Gasteiger partial charge in [-0.1, -0.05) is 38.0 Å². The number of hydrogen-bond donors (Lipinski definition) is 2. The quantitative estimate of drug-likeness (QED) is 0.737. The molecule has 0 bridgehead atoms. The maximum absolute atomic E-state index is 3.85. The van der Waals surface area contributed by atoms with Gasteiger partial charge in [0.15, 0.2) is 0 Å². The molecule has 1 saturated carbocycles. The van der Waals surface area contributed by atoms with E-state index in [-0.39, 0.29) is 5.54 Å². The van der Waals surface area contributed by atoms with Crippen LogP contribution in [0.3, 0.4) is 0 Å². The average molecular weight is 254 g/mol. The zero-order chi connectivity index (χ0) is 12.9. The van der Waals surface area contributed by atoms with E-state index in [2.05, 4.69) is 41.5 Å². The molecule has 19 heavy (non-hydrogen) atoms. The molecule has 2 aliphatic rings. The van der Waals surface area contributed by atoms with Crippen molar-refractivity contribution in [1.29, 1.82) is 0 Å². The maximum atomic E-state index is 3.85. The molecule has 1 aliphatic heterocycles. The number of benzene rings is 1. The highest BCUT2D eigenvalue weighted by Crippen LogP contribution is 2.44. The van der Waals surface area contributed by atoms with Crippen LogP contribution in [0.5, 0.6) is 0 Å². The summed E-state index contributed by atoms with van der Waals surface area (Å²) < 4.78 is 0. The van der Waals surface area contributed by atoms with Crippen molar-refractivity contribution in [3.8, 4) is 0 Å². The normalized spacial score (nSPS) is 30.7. The van der Waals surface area contributed by atoms with Crippen LogP contribution in [0, 0.1) is 5.92 Å². The van der Waals surface area contributed by atoms with Gasteiger partial charge in [-0.15, -0.1) is 0 Å². The molecule has 2 atom stereocenters. The van der Waals surface area contributed by atoms with Crippen LogP contribution in [0.4, 0.5) is 0 Å². The molecule has 1 fully saturated rings. The van der Waals surface area contributed by atoms with Gasteiger partial charge in [0.1, 0.15) is 0 Å². The predicted octanol–water partition coefficient (Wildman–Crippen LogP) is 3.72. The Labute approximate surface area is 114 Å². The molecule has 0 unspecified atom stereocenters. The maximum Gasteiger partial charge on any atom is 0.0592 e. The molecule has 100 valence electrons. The van der Waals surface area contributed by atoms with Gasteiger partial charge in [-0.25, -0.2) is 0 Å². The molecule has 1 aliphatic carbocycles. The van der Waals surface area contributed by atoms with E-state index in [4.69, 9.17) is 0 Å². The molecule has 2 heterocycles. The van der Waals surface area contributed by atoms with Crippen LogP contribution in [-0.2, 0) is 12.0 Å². The molecule has 2 aromatic rings. The van der Waals surface area contributed by atoms with Crippen molar-refractivity contribution < 1.29 is 0 Å². The Kier molecular flexibility index (Phi) is 2.49. The lowest BCUT2D eigenvalue weighted by Crippen LogP contribution is -2.50. The van der Waals surface area contributed by atoms with Gasteiger partial charge in [0.25, 0.3) is 0 Å². The van der Waals surface area contributed by atoms with Crippen molar-refractivity contribution in [2.24, 2.45) is 5.92 Å². The molecule has 2 N–H and O–H groups in total. The highest BCUT2D eigenvalue weighted by molar-refractivity contribution is 5.85. The fraction of sp³-hybridized carbons (Fsp3) is 0.529. The molecular weight excluding hydrogens is 232 g/mol. The van der Waals surface area contributed by atoms with Crippen LogP contribution in [0.1, 0.15) is 43.9 Å². The van der Waals surface area contributed by atoms with Crippen LogP contribution < -0.4 is 5.32 Å². The summed E-state index contributed by atoms with van der Waals surface area (Å²) in [6.07, 6.45) is 6.47. The Balaban J connectivity index is 1.90. The van der Waals surface area contributed by atoms with Crippen LogP contribution in [0.15, 0.2) is 24.3 Å². The van der Waals surface area contributed by atoms with E-state index in [0.29, 0.717) is 0 Å². The van der Waals surface area contributed by atoms with E-state index in [1.165, 1.54) is 42.3 Å². The summed E-state index contributed by atoms with van der Waals surface area (Å²) >= 11 is 0. The number of aromatic amines is 1. The Hall–Kier alpha value is -1.28. The summed E-state index contributed by atoms with van der Waals surface area (Å²) in [5.41, 5.74) is 4.60. The number of fused-ring (bicyclic) bond motifs is 4. The van der Waals surface area contributed by atoms with E-state index in [1.54, 1.807) is 5.56 Å². The molecule has 2 nitrogen and oxygen atoms in total. The van der Waals surface area contributed by atoms with E-state index in [9.17, 15) is 0 Å². The third-order valence-corrected chi connectivity index (χ3v) is 5.13. The molecule has 1 spiro atoms. The fourth-order valence-corrected chi connectivity index (χ4v) is 4.32. The highest BCUT2D eigenvalue weighted by atomic mass is 15.0. The lowest BCUT2D eigenvalue weighted by Gasteiger charge is -2.43.